The zero-order valence-corrected chi connectivity index (χ0v) is 10.8. The largest absolute Gasteiger partial charge is 0.478 e. The fourth-order valence-corrected chi connectivity index (χ4v) is 1.80. The molecule has 0 radical (unpaired) electrons. The summed E-state index contributed by atoms with van der Waals surface area (Å²) < 4.78 is 0. The third kappa shape index (κ3) is 2.91. The van der Waals surface area contributed by atoms with Gasteiger partial charge in [0.25, 0.3) is 0 Å². The molecule has 2 aromatic rings. The second kappa shape index (κ2) is 5.64. The fourth-order valence-electron chi connectivity index (χ4n) is 1.80. The Kier molecular flexibility index (Phi) is 3.74. The average molecular weight is 278 g/mol. The number of rotatable bonds is 3. The first-order valence-corrected chi connectivity index (χ1v) is 5.89. The monoisotopic (exact) mass is 278 g/mol. The summed E-state index contributed by atoms with van der Waals surface area (Å²) in [5.41, 5.74) is 7.38. The molecule has 0 aliphatic heterocycles. The maximum absolute atomic E-state index is 11.0. The Hall–Kier alpha value is -3.51. The molecular formula is C15H10N4O2. The van der Waals surface area contributed by atoms with Gasteiger partial charge in [0, 0.05) is 17.1 Å². The molecule has 0 saturated carbocycles. The van der Waals surface area contributed by atoms with Crippen LogP contribution in [-0.2, 0) is 0 Å². The lowest BCUT2D eigenvalue weighted by Crippen LogP contribution is -2.03. The smallest absolute Gasteiger partial charge is 0.337 e. The normalized spacial score (nSPS) is 9.43. The van der Waals surface area contributed by atoms with Crippen molar-refractivity contribution < 1.29 is 9.90 Å². The Morgan fingerprint density at radius 2 is 1.67 bits per heavy atom. The lowest BCUT2D eigenvalue weighted by Gasteiger charge is -2.09. The summed E-state index contributed by atoms with van der Waals surface area (Å²) in [5.74, 6) is -1.12. The van der Waals surface area contributed by atoms with Crippen LogP contribution in [0.5, 0.6) is 0 Å². The number of carboxylic acid groups (broad SMARTS) is 1. The van der Waals surface area contributed by atoms with Gasteiger partial charge in [-0.05, 0) is 36.4 Å². The molecule has 0 aliphatic rings. The number of aromatic carboxylic acids is 1. The Labute approximate surface area is 120 Å². The first-order chi connectivity index (χ1) is 10.0. The lowest BCUT2D eigenvalue weighted by molar-refractivity contribution is 0.0698. The lowest BCUT2D eigenvalue weighted by atomic mass is 10.1. The molecule has 0 atom stereocenters. The van der Waals surface area contributed by atoms with Crippen LogP contribution in [0.1, 0.15) is 21.5 Å². The number of nitriles is 2. The number of nitrogen functional groups attached to an aromatic ring is 1. The number of nitrogens with zero attached hydrogens (tertiary/aromatic N) is 2. The molecular weight excluding hydrogens is 268 g/mol. The van der Waals surface area contributed by atoms with E-state index in [1.165, 1.54) is 24.3 Å². The minimum Gasteiger partial charge on any atom is -0.478 e. The molecule has 2 aromatic carbocycles. The van der Waals surface area contributed by atoms with Crippen LogP contribution in [0.15, 0.2) is 36.4 Å². The number of nitrogens with one attached hydrogen (secondary N) is 1. The van der Waals surface area contributed by atoms with Crippen molar-refractivity contribution in [3.05, 3.63) is 53.1 Å². The third-order valence-corrected chi connectivity index (χ3v) is 2.83. The predicted molar refractivity (Wildman–Crippen MR) is 77.0 cm³/mol. The molecule has 0 unspecified atom stereocenters. The second-order valence-corrected chi connectivity index (χ2v) is 4.22. The molecule has 21 heavy (non-hydrogen) atoms. The van der Waals surface area contributed by atoms with E-state index in [1.807, 2.05) is 12.1 Å². The van der Waals surface area contributed by atoms with Crippen LogP contribution in [0.25, 0.3) is 0 Å². The number of benzene rings is 2. The van der Waals surface area contributed by atoms with E-state index < -0.39 is 5.97 Å². The molecule has 102 valence electrons. The van der Waals surface area contributed by atoms with Gasteiger partial charge in [-0.3, -0.25) is 0 Å². The Morgan fingerprint density at radius 3 is 2.29 bits per heavy atom. The van der Waals surface area contributed by atoms with Gasteiger partial charge in [-0.15, -0.1) is 0 Å². The van der Waals surface area contributed by atoms with Crippen LogP contribution in [0.4, 0.5) is 17.1 Å². The molecule has 6 heteroatoms. The van der Waals surface area contributed by atoms with E-state index in [0.717, 1.165) is 0 Å². The topological polar surface area (TPSA) is 123 Å². The van der Waals surface area contributed by atoms with Gasteiger partial charge >= 0.3 is 5.97 Å². The van der Waals surface area contributed by atoms with Crippen LogP contribution in [0.2, 0.25) is 0 Å². The van der Waals surface area contributed by atoms with Crippen molar-refractivity contribution >= 4 is 23.0 Å². The molecule has 0 amide bonds. The summed E-state index contributed by atoms with van der Waals surface area (Å²) in [4.78, 5) is 11.0. The van der Waals surface area contributed by atoms with Crippen LogP contribution in [0.3, 0.4) is 0 Å². The highest BCUT2D eigenvalue weighted by Crippen LogP contribution is 2.23. The summed E-state index contributed by atoms with van der Waals surface area (Å²) >= 11 is 0. The third-order valence-electron chi connectivity index (χ3n) is 2.83. The molecule has 6 nitrogen and oxygen atoms in total. The van der Waals surface area contributed by atoms with Crippen molar-refractivity contribution in [2.45, 2.75) is 0 Å². The molecule has 0 aromatic heterocycles. The zero-order chi connectivity index (χ0) is 15.4. The molecule has 0 bridgehead atoms. The fraction of sp³-hybridized carbons (Fsp3) is 0. The van der Waals surface area contributed by atoms with E-state index in [9.17, 15) is 4.79 Å². The summed E-state index contributed by atoms with van der Waals surface area (Å²) in [6, 6.07) is 13.1. The highest BCUT2D eigenvalue weighted by atomic mass is 16.4. The molecule has 0 aliphatic carbocycles. The number of carboxylic acids is 1. The summed E-state index contributed by atoms with van der Waals surface area (Å²) in [7, 11) is 0. The number of hydrogen-bond acceptors (Lipinski definition) is 5. The van der Waals surface area contributed by atoms with Gasteiger partial charge in [0.15, 0.2) is 0 Å². The van der Waals surface area contributed by atoms with Gasteiger partial charge in [0.2, 0.25) is 0 Å². The van der Waals surface area contributed by atoms with Gasteiger partial charge in [0.1, 0.15) is 12.1 Å². The van der Waals surface area contributed by atoms with E-state index in [4.69, 9.17) is 21.4 Å². The Morgan fingerprint density at radius 1 is 1.05 bits per heavy atom. The molecule has 0 heterocycles. The second-order valence-electron chi connectivity index (χ2n) is 4.22. The summed E-state index contributed by atoms with van der Waals surface area (Å²) in [6.07, 6.45) is 0. The minimum atomic E-state index is -1.12. The summed E-state index contributed by atoms with van der Waals surface area (Å²) in [5, 5.41) is 29.8. The van der Waals surface area contributed by atoms with E-state index in [-0.39, 0.29) is 22.4 Å². The Balaban J connectivity index is 2.35. The van der Waals surface area contributed by atoms with E-state index in [0.29, 0.717) is 11.4 Å². The highest BCUT2D eigenvalue weighted by Gasteiger charge is 2.09. The van der Waals surface area contributed by atoms with Crippen LogP contribution in [-0.4, -0.2) is 11.1 Å². The molecule has 0 fully saturated rings. The van der Waals surface area contributed by atoms with Crippen molar-refractivity contribution in [1.29, 1.82) is 10.5 Å². The van der Waals surface area contributed by atoms with Crippen LogP contribution in [0, 0.1) is 22.7 Å². The highest BCUT2D eigenvalue weighted by molar-refractivity contribution is 5.95. The number of hydrogen-bond donors (Lipinski definition) is 3. The predicted octanol–water partition coefficient (Wildman–Crippen LogP) is 2.45. The first kappa shape index (κ1) is 13.9. The van der Waals surface area contributed by atoms with Gasteiger partial charge in [-0.2, -0.15) is 10.5 Å². The number of nitrogens with two attached hydrogens (primary N) is 1. The molecule has 0 spiro atoms. The SMILES string of the molecule is N#Cc1ccc(Nc2ccc(N)c(C(=O)O)c2)cc1C#N. The maximum Gasteiger partial charge on any atom is 0.337 e. The standard InChI is InChI=1S/C15H10N4O2/c16-7-9-1-2-11(5-10(9)8-17)19-12-3-4-14(18)13(6-12)15(20)21/h1-6,19H,18H2,(H,20,21). The van der Waals surface area contributed by atoms with Crippen molar-refractivity contribution in [1.82, 2.24) is 0 Å². The first-order valence-electron chi connectivity index (χ1n) is 5.89. The van der Waals surface area contributed by atoms with Crippen LogP contribution >= 0.6 is 0 Å². The van der Waals surface area contributed by atoms with Gasteiger partial charge in [-0.25, -0.2) is 4.79 Å². The maximum atomic E-state index is 11.0. The van der Waals surface area contributed by atoms with Crippen molar-refractivity contribution in [3.63, 3.8) is 0 Å². The van der Waals surface area contributed by atoms with Crippen molar-refractivity contribution in [2.24, 2.45) is 0 Å². The summed E-state index contributed by atoms with van der Waals surface area (Å²) in [6.45, 7) is 0. The zero-order valence-electron chi connectivity index (χ0n) is 10.8. The van der Waals surface area contributed by atoms with Gasteiger partial charge in [0.05, 0.1) is 16.7 Å². The average Bonchev–Trinajstić information content (AvgIpc) is 2.48. The van der Waals surface area contributed by atoms with Crippen molar-refractivity contribution in [2.75, 3.05) is 11.1 Å². The number of carbonyl (C=O) groups is 1. The van der Waals surface area contributed by atoms with E-state index in [2.05, 4.69) is 5.32 Å². The minimum absolute atomic E-state index is 0.00542. The Bertz CT molecular complexity index is 800. The van der Waals surface area contributed by atoms with Crippen molar-refractivity contribution in [3.8, 4) is 12.1 Å². The van der Waals surface area contributed by atoms with E-state index in [1.54, 1.807) is 12.1 Å². The van der Waals surface area contributed by atoms with Gasteiger partial charge < -0.3 is 16.2 Å². The van der Waals surface area contributed by atoms with Gasteiger partial charge in [-0.1, -0.05) is 0 Å². The van der Waals surface area contributed by atoms with E-state index >= 15 is 0 Å². The number of anilines is 3. The quantitative estimate of drug-likeness (QED) is 0.741. The molecule has 2 rings (SSSR count). The van der Waals surface area contributed by atoms with Crippen LogP contribution < -0.4 is 11.1 Å². The molecule has 0 saturated heterocycles. The molecule has 4 N–H and O–H groups in total.